The molecule has 0 amide bonds. The molecule has 0 radical (unpaired) electrons. The molecule has 0 unspecified atom stereocenters. The number of benzene rings is 2. The van der Waals surface area contributed by atoms with Crippen molar-refractivity contribution in [3.63, 3.8) is 0 Å². The van der Waals surface area contributed by atoms with Crippen molar-refractivity contribution in [3.8, 4) is 11.3 Å². The number of hydrogen-bond acceptors (Lipinski definition) is 5. The van der Waals surface area contributed by atoms with E-state index in [0.717, 1.165) is 0 Å². The Morgan fingerprint density at radius 3 is 2.63 bits per heavy atom. The first kappa shape index (κ1) is 18.4. The van der Waals surface area contributed by atoms with Crippen molar-refractivity contribution < 1.29 is 14.3 Å². The number of carbonyl (C=O) groups is 1. The molecule has 1 saturated carbocycles. The first-order valence-electron chi connectivity index (χ1n) is 9.70. The Morgan fingerprint density at radius 2 is 1.90 bits per heavy atom. The molecule has 2 atom stereocenters. The molecule has 0 bridgehead atoms. The molecule has 2 heterocycles. The van der Waals surface area contributed by atoms with Gasteiger partial charge in [0.2, 0.25) is 0 Å². The summed E-state index contributed by atoms with van der Waals surface area (Å²) in [6.45, 7) is 0. The maximum Gasteiger partial charge on any atom is 0.306 e. The molecule has 30 heavy (non-hydrogen) atoms. The Hall–Kier alpha value is -3.68. The van der Waals surface area contributed by atoms with Gasteiger partial charge in [0.15, 0.2) is 11.3 Å². The number of halogens is 1. The topological polar surface area (TPSA) is 97.5 Å². The first-order valence-corrected chi connectivity index (χ1v) is 9.70. The quantitative estimate of drug-likeness (QED) is 0.526. The van der Waals surface area contributed by atoms with Crippen LogP contribution in [0.5, 0.6) is 0 Å². The summed E-state index contributed by atoms with van der Waals surface area (Å²) in [5.74, 6) is -1.43. The van der Waals surface area contributed by atoms with E-state index in [2.05, 4.69) is 15.1 Å². The van der Waals surface area contributed by atoms with Crippen molar-refractivity contribution in [3.05, 3.63) is 70.5 Å². The number of carboxylic acids is 1. The Balaban J connectivity index is 1.79. The van der Waals surface area contributed by atoms with Gasteiger partial charge in [-0.25, -0.2) is 9.37 Å². The molecule has 8 heteroatoms. The van der Waals surface area contributed by atoms with Crippen LogP contribution in [0, 0.1) is 11.7 Å². The minimum absolute atomic E-state index is 0.179. The van der Waals surface area contributed by atoms with Crippen molar-refractivity contribution in [1.82, 2.24) is 19.6 Å². The molecule has 0 aliphatic heterocycles. The van der Waals surface area contributed by atoms with Gasteiger partial charge in [0.1, 0.15) is 11.6 Å². The van der Waals surface area contributed by atoms with Crippen LogP contribution in [0.4, 0.5) is 4.39 Å². The minimum atomic E-state index is -0.837. The third-order valence-electron chi connectivity index (χ3n) is 5.66. The van der Waals surface area contributed by atoms with E-state index in [0.29, 0.717) is 47.2 Å². The van der Waals surface area contributed by atoms with Crippen LogP contribution in [0.1, 0.15) is 31.0 Å². The largest absolute Gasteiger partial charge is 0.481 e. The normalized spacial score (nSPS) is 18.8. The Bertz CT molecular complexity index is 1350. The molecule has 2 aromatic carbocycles. The van der Waals surface area contributed by atoms with E-state index in [-0.39, 0.29) is 11.6 Å². The van der Waals surface area contributed by atoms with E-state index >= 15 is 0 Å². The number of rotatable bonds is 3. The fourth-order valence-electron chi connectivity index (χ4n) is 4.16. The molecule has 5 rings (SSSR count). The molecule has 1 N–H and O–H groups in total. The molecule has 7 nitrogen and oxygen atoms in total. The Kier molecular flexibility index (Phi) is 4.27. The van der Waals surface area contributed by atoms with Crippen LogP contribution in [0.25, 0.3) is 27.8 Å². The highest BCUT2D eigenvalue weighted by molar-refractivity contribution is 5.91. The number of hydrogen-bond donors (Lipinski definition) is 1. The van der Waals surface area contributed by atoms with Crippen LogP contribution >= 0.6 is 0 Å². The highest BCUT2D eigenvalue weighted by atomic mass is 19.1. The van der Waals surface area contributed by atoms with Crippen molar-refractivity contribution in [2.75, 3.05) is 0 Å². The molecule has 1 aliphatic rings. The van der Waals surface area contributed by atoms with Crippen LogP contribution in [0.2, 0.25) is 0 Å². The van der Waals surface area contributed by atoms with Crippen LogP contribution in [-0.2, 0) is 4.79 Å². The van der Waals surface area contributed by atoms with Gasteiger partial charge in [-0.3, -0.25) is 9.59 Å². The number of carboxylic acid groups (broad SMARTS) is 1. The van der Waals surface area contributed by atoms with E-state index in [1.165, 1.54) is 22.7 Å². The van der Waals surface area contributed by atoms with Gasteiger partial charge in [0, 0.05) is 22.9 Å². The average molecular weight is 404 g/mol. The van der Waals surface area contributed by atoms with Gasteiger partial charge in [0.05, 0.1) is 11.4 Å². The molecule has 0 saturated heterocycles. The molecule has 2 aromatic heterocycles. The summed E-state index contributed by atoms with van der Waals surface area (Å²) in [4.78, 5) is 33.1. The predicted octanol–water partition coefficient (Wildman–Crippen LogP) is 3.41. The number of aromatic nitrogens is 4. The third kappa shape index (κ3) is 3.01. The van der Waals surface area contributed by atoms with Crippen LogP contribution in [0.15, 0.2) is 53.3 Å². The third-order valence-corrected chi connectivity index (χ3v) is 5.66. The summed E-state index contributed by atoms with van der Waals surface area (Å²) >= 11 is 0. The van der Waals surface area contributed by atoms with Crippen molar-refractivity contribution in [2.45, 2.75) is 25.2 Å². The summed E-state index contributed by atoms with van der Waals surface area (Å²) in [7, 11) is 0. The monoisotopic (exact) mass is 404 g/mol. The molecule has 150 valence electrons. The zero-order valence-electron chi connectivity index (χ0n) is 15.8. The maximum atomic E-state index is 13.9. The SMILES string of the molecule is O=C(O)[C@H]1CC[C@@H](c2nc3cc(F)ccc3c3nc(=O)c(-c4ccccc4)nn23)C1. The summed E-state index contributed by atoms with van der Waals surface area (Å²) in [5, 5.41) is 14.5. The van der Waals surface area contributed by atoms with Gasteiger partial charge in [-0.2, -0.15) is 14.6 Å². The smallest absolute Gasteiger partial charge is 0.306 e. The zero-order valence-corrected chi connectivity index (χ0v) is 15.8. The Morgan fingerprint density at radius 1 is 1.10 bits per heavy atom. The average Bonchev–Trinajstić information content (AvgIpc) is 3.23. The van der Waals surface area contributed by atoms with Gasteiger partial charge in [0.25, 0.3) is 5.56 Å². The fourth-order valence-corrected chi connectivity index (χ4v) is 4.16. The van der Waals surface area contributed by atoms with E-state index in [1.54, 1.807) is 12.1 Å². The highest BCUT2D eigenvalue weighted by Crippen LogP contribution is 2.38. The Labute approximate surface area is 169 Å². The van der Waals surface area contributed by atoms with Gasteiger partial charge in [-0.1, -0.05) is 30.3 Å². The first-order chi connectivity index (χ1) is 14.5. The van der Waals surface area contributed by atoms with Crippen LogP contribution < -0.4 is 5.56 Å². The summed E-state index contributed by atoms with van der Waals surface area (Å²) in [6, 6.07) is 13.1. The molecule has 4 aromatic rings. The second-order valence-corrected chi connectivity index (χ2v) is 7.54. The maximum absolute atomic E-state index is 13.9. The number of nitrogens with zero attached hydrogens (tertiary/aromatic N) is 4. The number of aliphatic carboxylic acids is 1. The lowest BCUT2D eigenvalue weighted by molar-refractivity contribution is -0.141. The lowest BCUT2D eigenvalue weighted by Crippen LogP contribution is -2.20. The van der Waals surface area contributed by atoms with Gasteiger partial charge < -0.3 is 5.11 Å². The van der Waals surface area contributed by atoms with Gasteiger partial charge >= 0.3 is 5.97 Å². The van der Waals surface area contributed by atoms with Crippen LogP contribution in [-0.4, -0.2) is 30.7 Å². The summed E-state index contributed by atoms with van der Waals surface area (Å²) in [5.41, 5.74) is 0.983. The van der Waals surface area contributed by atoms with Crippen molar-refractivity contribution in [1.29, 1.82) is 0 Å². The van der Waals surface area contributed by atoms with Gasteiger partial charge in [-0.05, 0) is 31.4 Å². The number of fused-ring (bicyclic) bond motifs is 3. The molecule has 1 fully saturated rings. The minimum Gasteiger partial charge on any atom is -0.481 e. The predicted molar refractivity (Wildman–Crippen MR) is 108 cm³/mol. The lowest BCUT2D eigenvalue weighted by Gasteiger charge is -2.15. The summed E-state index contributed by atoms with van der Waals surface area (Å²) < 4.78 is 15.4. The molecular weight excluding hydrogens is 387 g/mol. The van der Waals surface area contributed by atoms with Crippen LogP contribution in [0.3, 0.4) is 0 Å². The second kappa shape index (κ2) is 6.98. The highest BCUT2D eigenvalue weighted by Gasteiger charge is 2.33. The fraction of sp³-hybridized carbons (Fsp3) is 0.227. The van der Waals surface area contributed by atoms with E-state index < -0.39 is 23.3 Å². The van der Waals surface area contributed by atoms with E-state index in [1.807, 2.05) is 18.2 Å². The molecule has 0 spiro atoms. The van der Waals surface area contributed by atoms with Crippen molar-refractivity contribution in [2.24, 2.45) is 5.92 Å². The second-order valence-electron chi connectivity index (χ2n) is 7.54. The molecule has 1 aliphatic carbocycles. The van der Waals surface area contributed by atoms with Gasteiger partial charge in [-0.15, -0.1) is 0 Å². The van der Waals surface area contributed by atoms with Crippen molar-refractivity contribution >= 4 is 22.5 Å². The lowest BCUT2D eigenvalue weighted by atomic mass is 10.0. The van der Waals surface area contributed by atoms with E-state index in [4.69, 9.17) is 0 Å². The standard InChI is InChI=1S/C22H17FN4O3/c23-15-8-9-16-17(11-15)24-19(13-6-7-14(10-13)22(29)30)27-20(16)25-21(28)18(26-27)12-4-2-1-3-5-12/h1-5,8-9,11,13-14H,6-7,10H2,(H,29,30)/t13-,14+/m1/s1. The zero-order chi connectivity index (χ0) is 20.8. The molecular formula is C22H17FN4O3. The van der Waals surface area contributed by atoms with E-state index in [9.17, 15) is 19.1 Å². The summed E-state index contributed by atoms with van der Waals surface area (Å²) in [6.07, 6.45) is 1.56.